The summed E-state index contributed by atoms with van der Waals surface area (Å²) in [6.07, 6.45) is 1.59. The smallest absolute Gasteiger partial charge is 0.460 e. The third-order valence-corrected chi connectivity index (χ3v) is 15.6. The Morgan fingerprint density at radius 3 is 2.00 bits per heavy atom. The Kier molecular flexibility index (Phi) is 8.48. The summed E-state index contributed by atoms with van der Waals surface area (Å²) in [5, 5.41) is 0. The van der Waals surface area contributed by atoms with E-state index >= 15 is 0 Å². The van der Waals surface area contributed by atoms with Crippen LogP contribution in [0.3, 0.4) is 0 Å². The minimum atomic E-state index is -2.83. The van der Waals surface area contributed by atoms with Crippen LogP contribution in [0.1, 0.15) is 13.3 Å². The van der Waals surface area contributed by atoms with Crippen molar-refractivity contribution in [2.24, 2.45) is 0 Å². The van der Waals surface area contributed by atoms with E-state index in [2.05, 4.69) is 6.58 Å². The molecule has 0 aliphatic carbocycles. The summed E-state index contributed by atoms with van der Waals surface area (Å²) in [6, 6.07) is 0.705. The summed E-state index contributed by atoms with van der Waals surface area (Å²) in [5.41, 5.74) is 0. The van der Waals surface area contributed by atoms with Gasteiger partial charge in [-0.2, -0.15) is 0 Å². The van der Waals surface area contributed by atoms with Crippen molar-refractivity contribution < 1.29 is 27.2 Å². The van der Waals surface area contributed by atoms with E-state index in [1.54, 1.807) is 28.4 Å². The van der Waals surface area contributed by atoms with Crippen molar-refractivity contribution in [2.45, 2.75) is 32.0 Å². The van der Waals surface area contributed by atoms with Gasteiger partial charge in [0.25, 0.3) is 7.83 Å². The summed E-state index contributed by atoms with van der Waals surface area (Å²) in [6.45, 7) is 7.22. The summed E-state index contributed by atoms with van der Waals surface area (Å²) in [4.78, 5) is 11.2. The van der Waals surface area contributed by atoms with Crippen LogP contribution in [-0.4, -0.2) is 56.7 Å². The Morgan fingerprint density at radius 1 is 1.15 bits per heavy atom. The number of rotatable bonds is 10. The standard InChI is InChI=1S/C12H26O6Si2/c1-8-12(13)18-11(2)9-10-19(7,14-3)20(15-4,16-5)17-6/h8,11H,1,9-10H2,2-7H3. The molecule has 6 nitrogen and oxygen atoms in total. The van der Waals surface area contributed by atoms with Crippen LogP contribution in [-0.2, 0) is 27.2 Å². The van der Waals surface area contributed by atoms with Crippen LogP contribution in [0.4, 0.5) is 0 Å². The first kappa shape index (κ1) is 19.5. The zero-order chi connectivity index (χ0) is 15.8. The van der Waals surface area contributed by atoms with E-state index in [4.69, 9.17) is 22.4 Å². The fourth-order valence-corrected chi connectivity index (χ4v) is 11.6. The molecule has 0 aliphatic rings. The van der Waals surface area contributed by atoms with Gasteiger partial charge in [-0.15, -0.1) is 0 Å². The van der Waals surface area contributed by atoms with Gasteiger partial charge in [-0.05, 0) is 25.9 Å². The molecule has 0 heterocycles. The second-order valence-electron chi connectivity index (χ2n) is 4.59. The molecule has 2 unspecified atom stereocenters. The van der Waals surface area contributed by atoms with Crippen LogP contribution < -0.4 is 0 Å². The van der Waals surface area contributed by atoms with E-state index < -0.39 is 22.1 Å². The number of esters is 1. The molecule has 0 amide bonds. The summed E-state index contributed by atoms with van der Waals surface area (Å²) in [5.74, 6) is -0.424. The molecule has 0 aliphatic heterocycles. The van der Waals surface area contributed by atoms with Gasteiger partial charge in [0.05, 0.1) is 6.10 Å². The molecule has 0 fully saturated rings. The van der Waals surface area contributed by atoms with Crippen LogP contribution >= 0.6 is 0 Å². The molecule has 0 N–H and O–H groups in total. The lowest BCUT2D eigenvalue weighted by Crippen LogP contribution is -2.67. The Bertz CT molecular complexity index is 313. The van der Waals surface area contributed by atoms with E-state index in [0.29, 0.717) is 12.5 Å². The molecule has 0 aromatic heterocycles. The molecule has 8 heteroatoms. The van der Waals surface area contributed by atoms with E-state index in [0.717, 1.165) is 6.08 Å². The molecular formula is C12H26O6Si2. The van der Waals surface area contributed by atoms with Gasteiger partial charge in [0.2, 0.25) is 0 Å². The predicted molar refractivity (Wildman–Crippen MR) is 80.6 cm³/mol. The monoisotopic (exact) mass is 322 g/mol. The highest BCUT2D eigenvalue weighted by Crippen LogP contribution is 2.28. The van der Waals surface area contributed by atoms with Crippen LogP contribution in [0.5, 0.6) is 0 Å². The number of hydrogen-bond donors (Lipinski definition) is 0. The molecule has 0 aromatic rings. The van der Waals surface area contributed by atoms with Gasteiger partial charge in [-0.25, -0.2) is 4.79 Å². The van der Waals surface area contributed by atoms with E-state index in [9.17, 15) is 4.79 Å². The Hall–Kier alpha value is -0.516. The zero-order valence-electron chi connectivity index (χ0n) is 13.2. The predicted octanol–water partition coefficient (Wildman–Crippen LogP) is 1.67. The van der Waals surface area contributed by atoms with Gasteiger partial charge >= 0.3 is 14.3 Å². The van der Waals surface area contributed by atoms with Crippen molar-refractivity contribution in [1.29, 1.82) is 0 Å². The Labute approximate surface area is 123 Å². The lowest BCUT2D eigenvalue weighted by molar-refractivity contribution is -0.142. The first-order valence-electron chi connectivity index (χ1n) is 6.38. The number of carbonyl (C=O) groups excluding carboxylic acids is 1. The Balaban J connectivity index is 4.81. The van der Waals surface area contributed by atoms with Crippen LogP contribution in [0, 0.1) is 0 Å². The van der Waals surface area contributed by atoms with Crippen molar-refractivity contribution in [3.05, 3.63) is 12.7 Å². The van der Waals surface area contributed by atoms with Gasteiger partial charge in [0.1, 0.15) is 0 Å². The SMILES string of the molecule is C=CC(=O)OC(C)CC[Si](C)(OC)[Si](OC)(OC)OC. The van der Waals surface area contributed by atoms with Gasteiger partial charge in [-0.3, -0.25) is 0 Å². The lowest BCUT2D eigenvalue weighted by atomic mass is 10.3. The summed E-state index contributed by atoms with van der Waals surface area (Å²) in [7, 11) is 1.16. The van der Waals surface area contributed by atoms with Gasteiger partial charge in [0, 0.05) is 34.5 Å². The van der Waals surface area contributed by atoms with Crippen LogP contribution in [0.25, 0.3) is 0 Å². The highest BCUT2D eigenvalue weighted by atomic mass is 29.3. The van der Waals surface area contributed by atoms with E-state index in [1.807, 2.05) is 13.5 Å². The second-order valence-corrected chi connectivity index (χ2v) is 15.3. The molecule has 0 saturated carbocycles. The third kappa shape index (κ3) is 4.50. The van der Waals surface area contributed by atoms with Gasteiger partial charge in [0.15, 0.2) is 0 Å². The van der Waals surface area contributed by atoms with Crippen molar-refractivity contribution in [3.8, 4) is 0 Å². The minimum Gasteiger partial charge on any atom is -0.460 e. The highest BCUT2D eigenvalue weighted by Gasteiger charge is 2.60. The molecular weight excluding hydrogens is 296 g/mol. The quantitative estimate of drug-likeness (QED) is 0.346. The molecule has 0 radical (unpaired) electrons. The number of hydrogen-bond acceptors (Lipinski definition) is 6. The lowest BCUT2D eigenvalue weighted by Gasteiger charge is -2.38. The first-order chi connectivity index (χ1) is 9.34. The maximum Gasteiger partial charge on any atom is 0.502 e. The molecule has 2 atom stereocenters. The van der Waals surface area contributed by atoms with Crippen molar-refractivity contribution in [1.82, 2.24) is 0 Å². The molecule has 0 bridgehead atoms. The number of ether oxygens (including phenoxy) is 1. The maximum atomic E-state index is 11.2. The molecule has 0 rings (SSSR count). The van der Waals surface area contributed by atoms with E-state index in [-0.39, 0.29) is 6.10 Å². The molecule has 20 heavy (non-hydrogen) atoms. The van der Waals surface area contributed by atoms with Gasteiger partial charge < -0.3 is 22.4 Å². The molecule has 0 spiro atoms. The summed E-state index contributed by atoms with van der Waals surface area (Å²) >= 11 is 0. The maximum absolute atomic E-state index is 11.2. The van der Waals surface area contributed by atoms with Gasteiger partial charge in [-0.1, -0.05) is 6.58 Å². The average Bonchev–Trinajstić information content (AvgIpc) is 2.47. The molecule has 118 valence electrons. The summed E-state index contributed by atoms with van der Waals surface area (Å²) < 4.78 is 27.5. The molecule has 0 saturated heterocycles. The zero-order valence-corrected chi connectivity index (χ0v) is 15.2. The van der Waals surface area contributed by atoms with Crippen molar-refractivity contribution >= 4 is 22.1 Å². The largest absolute Gasteiger partial charge is 0.502 e. The number of carbonyl (C=O) groups is 1. The fraction of sp³-hybridized carbons (Fsp3) is 0.750. The topological polar surface area (TPSA) is 63.2 Å². The first-order valence-corrected chi connectivity index (χ1v) is 11.7. The van der Waals surface area contributed by atoms with Crippen LogP contribution in [0.15, 0.2) is 12.7 Å². The van der Waals surface area contributed by atoms with E-state index in [1.165, 1.54) is 0 Å². The second kappa shape index (κ2) is 8.70. The third-order valence-electron chi connectivity index (χ3n) is 3.42. The minimum absolute atomic E-state index is 0.222. The molecule has 0 aromatic carbocycles. The van der Waals surface area contributed by atoms with Crippen molar-refractivity contribution in [2.75, 3.05) is 28.4 Å². The normalized spacial score (nSPS) is 16.3. The highest BCUT2D eigenvalue weighted by molar-refractivity contribution is 7.31. The average molecular weight is 323 g/mol. The van der Waals surface area contributed by atoms with Crippen LogP contribution in [0.2, 0.25) is 12.6 Å². The Morgan fingerprint density at radius 2 is 1.65 bits per heavy atom. The fourth-order valence-electron chi connectivity index (χ4n) is 2.06. The van der Waals surface area contributed by atoms with Crippen molar-refractivity contribution in [3.63, 3.8) is 0 Å².